The second-order valence-electron chi connectivity index (χ2n) is 1.15. The predicted octanol–water partition coefficient (Wildman–Crippen LogP) is 1.30. The second-order valence-corrected chi connectivity index (χ2v) is 1.15. The van der Waals surface area contributed by atoms with Crippen molar-refractivity contribution in [3.8, 4) is 0 Å². The van der Waals surface area contributed by atoms with E-state index in [0.717, 1.165) is 6.54 Å². The number of nitrogens with one attached hydrogen (secondary N) is 1. The van der Waals surface area contributed by atoms with Gasteiger partial charge in [0.25, 0.3) is 0 Å². The van der Waals surface area contributed by atoms with Crippen molar-refractivity contribution in [2.45, 2.75) is 6.92 Å². The van der Waals surface area contributed by atoms with Crippen LogP contribution in [0.15, 0.2) is 24.9 Å². The highest BCUT2D eigenvalue weighted by Gasteiger charge is 1.60. The van der Waals surface area contributed by atoms with Crippen molar-refractivity contribution in [1.29, 1.82) is 0 Å². The molecule has 0 aromatic carbocycles. The molecule has 0 saturated carbocycles. The molecule has 1 nitrogen and oxygen atoms in total. The Morgan fingerprint density at radius 3 is 2.86 bits per heavy atom. The minimum Gasteiger partial charge on any atom is -0.391 e. The van der Waals surface area contributed by atoms with Gasteiger partial charge in [-0.25, -0.2) is 0 Å². The fourth-order valence-electron chi connectivity index (χ4n) is 0.254. The minimum absolute atomic E-state index is 0.977. The Kier molecular flexibility index (Phi) is 4.74. The summed E-state index contributed by atoms with van der Waals surface area (Å²) in [6.07, 6.45) is 5.47. The highest BCUT2D eigenvalue weighted by molar-refractivity contribution is 4.95. The fourth-order valence-corrected chi connectivity index (χ4v) is 0.254. The molecule has 0 bridgehead atoms. The first-order valence-electron chi connectivity index (χ1n) is 2.42. The lowest BCUT2D eigenvalue weighted by molar-refractivity contribution is 0.919. The lowest BCUT2D eigenvalue weighted by Gasteiger charge is -1.86. The zero-order valence-corrected chi connectivity index (χ0v) is 4.65. The number of hydrogen-bond donors (Lipinski definition) is 1. The van der Waals surface area contributed by atoms with Gasteiger partial charge in [-0.2, -0.15) is 0 Å². The van der Waals surface area contributed by atoms with Gasteiger partial charge in [-0.05, 0) is 19.2 Å². The smallest absolute Gasteiger partial charge is 0.0113 e. The minimum atomic E-state index is 0.977. The molecule has 0 amide bonds. The summed E-state index contributed by atoms with van der Waals surface area (Å²) in [4.78, 5) is 0. The van der Waals surface area contributed by atoms with Gasteiger partial charge in [0.1, 0.15) is 0 Å². The number of allylic oxidation sites excluding steroid dienone is 2. The van der Waals surface area contributed by atoms with Gasteiger partial charge < -0.3 is 5.32 Å². The van der Waals surface area contributed by atoms with Crippen LogP contribution in [0.3, 0.4) is 0 Å². The molecule has 0 atom stereocenters. The first-order valence-corrected chi connectivity index (χ1v) is 2.42. The SMILES string of the molecule is C=CC=CNCC. The summed E-state index contributed by atoms with van der Waals surface area (Å²) in [6, 6.07) is 0. The maximum Gasteiger partial charge on any atom is 0.0113 e. The molecular weight excluding hydrogens is 86.1 g/mol. The van der Waals surface area contributed by atoms with Crippen molar-refractivity contribution in [2.75, 3.05) is 6.54 Å². The van der Waals surface area contributed by atoms with E-state index in [-0.39, 0.29) is 0 Å². The van der Waals surface area contributed by atoms with E-state index in [4.69, 9.17) is 0 Å². The van der Waals surface area contributed by atoms with E-state index in [0.29, 0.717) is 0 Å². The normalized spacial score (nSPS) is 9.29. The average molecular weight is 97.2 g/mol. The van der Waals surface area contributed by atoms with E-state index in [1.807, 2.05) is 19.2 Å². The average Bonchev–Trinajstić information content (AvgIpc) is 1.69. The van der Waals surface area contributed by atoms with Crippen LogP contribution in [-0.2, 0) is 0 Å². The molecule has 0 spiro atoms. The summed E-state index contributed by atoms with van der Waals surface area (Å²) in [6.45, 7) is 6.53. The van der Waals surface area contributed by atoms with Crippen LogP contribution in [0.5, 0.6) is 0 Å². The van der Waals surface area contributed by atoms with E-state index in [9.17, 15) is 0 Å². The molecule has 1 N–H and O–H groups in total. The van der Waals surface area contributed by atoms with Gasteiger partial charge in [0.05, 0.1) is 0 Å². The first-order chi connectivity index (χ1) is 3.41. The summed E-state index contributed by atoms with van der Waals surface area (Å²) < 4.78 is 0. The molecule has 1 heteroatoms. The van der Waals surface area contributed by atoms with Crippen LogP contribution in [-0.4, -0.2) is 6.54 Å². The Bertz CT molecular complexity index is 64.6. The fraction of sp³-hybridized carbons (Fsp3) is 0.333. The zero-order chi connectivity index (χ0) is 5.54. The molecule has 0 aromatic rings. The highest BCUT2D eigenvalue weighted by atomic mass is 14.8. The van der Waals surface area contributed by atoms with Gasteiger partial charge in [-0.1, -0.05) is 12.7 Å². The molecule has 0 aliphatic rings. The Morgan fingerprint density at radius 1 is 1.71 bits per heavy atom. The van der Waals surface area contributed by atoms with Gasteiger partial charge in [-0.3, -0.25) is 0 Å². The third-order valence-corrected chi connectivity index (χ3v) is 0.554. The summed E-state index contributed by atoms with van der Waals surface area (Å²) in [7, 11) is 0. The topological polar surface area (TPSA) is 12.0 Å². The van der Waals surface area contributed by atoms with E-state index in [1.165, 1.54) is 0 Å². The quantitative estimate of drug-likeness (QED) is 0.523. The summed E-state index contributed by atoms with van der Waals surface area (Å²) >= 11 is 0. The lowest BCUT2D eigenvalue weighted by Crippen LogP contribution is -2.00. The molecule has 7 heavy (non-hydrogen) atoms. The van der Waals surface area contributed by atoms with Crippen LogP contribution in [0.25, 0.3) is 0 Å². The second kappa shape index (κ2) is 5.28. The predicted molar refractivity (Wildman–Crippen MR) is 33.0 cm³/mol. The van der Waals surface area contributed by atoms with Gasteiger partial charge >= 0.3 is 0 Å². The van der Waals surface area contributed by atoms with Crippen molar-refractivity contribution in [3.05, 3.63) is 24.9 Å². The maximum atomic E-state index is 3.51. The third kappa shape index (κ3) is 5.28. The summed E-state index contributed by atoms with van der Waals surface area (Å²) in [5.41, 5.74) is 0. The van der Waals surface area contributed by atoms with Crippen molar-refractivity contribution >= 4 is 0 Å². The van der Waals surface area contributed by atoms with Crippen molar-refractivity contribution < 1.29 is 0 Å². The van der Waals surface area contributed by atoms with E-state index in [2.05, 4.69) is 11.9 Å². The molecule has 0 aromatic heterocycles. The molecule has 0 aliphatic carbocycles. The van der Waals surface area contributed by atoms with Crippen molar-refractivity contribution in [3.63, 3.8) is 0 Å². The van der Waals surface area contributed by atoms with Crippen LogP contribution in [0, 0.1) is 0 Å². The molecule has 0 radical (unpaired) electrons. The van der Waals surface area contributed by atoms with Crippen molar-refractivity contribution in [2.24, 2.45) is 0 Å². The monoisotopic (exact) mass is 97.1 g/mol. The highest BCUT2D eigenvalue weighted by Crippen LogP contribution is 1.64. The molecule has 0 rings (SSSR count). The van der Waals surface area contributed by atoms with E-state index >= 15 is 0 Å². The third-order valence-electron chi connectivity index (χ3n) is 0.554. The summed E-state index contributed by atoms with van der Waals surface area (Å²) in [5.74, 6) is 0. The Balaban J connectivity index is 2.92. The Labute approximate surface area is 44.7 Å². The van der Waals surface area contributed by atoms with Crippen molar-refractivity contribution in [1.82, 2.24) is 5.32 Å². The Morgan fingerprint density at radius 2 is 2.43 bits per heavy atom. The molecule has 0 saturated heterocycles. The van der Waals surface area contributed by atoms with Gasteiger partial charge in [-0.15, -0.1) is 0 Å². The molecule has 0 aliphatic heterocycles. The molecular formula is C6H11N. The molecule has 0 unspecified atom stereocenters. The van der Waals surface area contributed by atoms with Crippen LogP contribution in [0.2, 0.25) is 0 Å². The molecule has 0 heterocycles. The van der Waals surface area contributed by atoms with Crippen LogP contribution < -0.4 is 5.32 Å². The first kappa shape index (κ1) is 6.28. The van der Waals surface area contributed by atoms with Crippen LogP contribution in [0.4, 0.5) is 0 Å². The lowest BCUT2D eigenvalue weighted by atomic mass is 10.6. The van der Waals surface area contributed by atoms with E-state index < -0.39 is 0 Å². The van der Waals surface area contributed by atoms with E-state index in [1.54, 1.807) is 6.08 Å². The number of rotatable bonds is 3. The molecule has 40 valence electrons. The maximum absolute atomic E-state index is 3.51. The molecule has 0 fully saturated rings. The van der Waals surface area contributed by atoms with Crippen LogP contribution >= 0.6 is 0 Å². The van der Waals surface area contributed by atoms with Gasteiger partial charge in [0, 0.05) is 6.54 Å². The standard InChI is InChI=1S/C6H11N/c1-3-5-6-7-4-2/h3,5-7H,1,4H2,2H3. The van der Waals surface area contributed by atoms with Gasteiger partial charge in [0.15, 0.2) is 0 Å². The summed E-state index contributed by atoms with van der Waals surface area (Å²) in [5, 5.41) is 3.00. The van der Waals surface area contributed by atoms with Gasteiger partial charge in [0.2, 0.25) is 0 Å². The largest absolute Gasteiger partial charge is 0.391 e. The number of hydrogen-bond acceptors (Lipinski definition) is 1. The zero-order valence-electron chi connectivity index (χ0n) is 4.65. The van der Waals surface area contributed by atoms with Crippen LogP contribution in [0.1, 0.15) is 6.92 Å². The Hall–Kier alpha value is -0.720.